The Morgan fingerprint density at radius 3 is 2.60 bits per heavy atom. The second-order valence-electron chi connectivity index (χ2n) is 4.35. The molecule has 0 aromatic carbocycles. The highest BCUT2D eigenvalue weighted by Crippen LogP contribution is 2.14. The molecule has 110 valence electrons. The van der Waals surface area contributed by atoms with Gasteiger partial charge in [0.25, 0.3) is 5.91 Å². The average molecular weight is 283 g/mol. The summed E-state index contributed by atoms with van der Waals surface area (Å²) >= 11 is 0. The summed E-state index contributed by atoms with van der Waals surface area (Å²) in [6, 6.07) is 2.68. The van der Waals surface area contributed by atoms with Gasteiger partial charge in [0, 0.05) is 19.0 Å². The first-order valence-electron chi connectivity index (χ1n) is 6.23. The SMILES string of the molecule is Cn1c(C(=O)NCCCCCC(=O)O)ccc1[N+](=O)[O-]. The van der Waals surface area contributed by atoms with Gasteiger partial charge < -0.3 is 20.5 Å². The predicted molar refractivity (Wildman–Crippen MR) is 70.5 cm³/mol. The van der Waals surface area contributed by atoms with Crippen LogP contribution in [0.25, 0.3) is 0 Å². The van der Waals surface area contributed by atoms with Crippen LogP contribution in [0.5, 0.6) is 0 Å². The molecular formula is C12H17N3O5. The Balaban J connectivity index is 2.36. The fourth-order valence-electron chi connectivity index (χ4n) is 1.78. The highest BCUT2D eigenvalue weighted by atomic mass is 16.6. The van der Waals surface area contributed by atoms with Gasteiger partial charge in [-0.1, -0.05) is 6.42 Å². The van der Waals surface area contributed by atoms with Gasteiger partial charge in [-0.15, -0.1) is 0 Å². The second-order valence-corrected chi connectivity index (χ2v) is 4.35. The number of nitrogens with zero attached hydrogens (tertiary/aromatic N) is 2. The van der Waals surface area contributed by atoms with Crippen LogP contribution in [0.3, 0.4) is 0 Å². The molecule has 2 N–H and O–H groups in total. The van der Waals surface area contributed by atoms with Crippen LogP contribution in [0.2, 0.25) is 0 Å². The van der Waals surface area contributed by atoms with E-state index in [4.69, 9.17) is 5.11 Å². The molecule has 0 aliphatic heterocycles. The monoisotopic (exact) mass is 283 g/mol. The van der Waals surface area contributed by atoms with Crippen molar-refractivity contribution in [3.05, 3.63) is 27.9 Å². The normalized spacial score (nSPS) is 10.2. The number of carboxylic acid groups (broad SMARTS) is 1. The third-order valence-electron chi connectivity index (χ3n) is 2.87. The Hall–Kier alpha value is -2.38. The minimum absolute atomic E-state index is 0.123. The highest BCUT2D eigenvalue weighted by Gasteiger charge is 2.19. The third-order valence-corrected chi connectivity index (χ3v) is 2.87. The lowest BCUT2D eigenvalue weighted by atomic mass is 10.2. The number of aromatic nitrogens is 1. The molecule has 0 aliphatic carbocycles. The summed E-state index contributed by atoms with van der Waals surface area (Å²) in [6.45, 7) is 0.414. The van der Waals surface area contributed by atoms with Crippen LogP contribution >= 0.6 is 0 Å². The number of amides is 1. The molecule has 1 aromatic rings. The standard InChI is InChI=1S/C12H17N3O5/c1-14-9(6-7-10(14)15(19)20)12(18)13-8-4-2-3-5-11(16)17/h6-7H,2-5,8H2,1H3,(H,13,18)(H,16,17). The van der Waals surface area contributed by atoms with Crippen molar-refractivity contribution in [2.45, 2.75) is 25.7 Å². The van der Waals surface area contributed by atoms with Crippen LogP contribution in [0.4, 0.5) is 5.82 Å². The molecule has 1 rings (SSSR count). The van der Waals surface area contributed by atoms with E-state index in [9.17, 15) is 19.7 Å². The first-order chi connectivity index (χ1) is 9.43. The van der Waals surface area contributed by atoms with Crippen molar-refractivity contribution in [2.75, 3.05) is 6.54 Å². The molecule has 0 atom stereocenters. The molecule has 0 saturated carbocycles. The molecule has 1 amide bonds. The molecule has 0 saturated heterocycles. The zero-order valence-electron chi connectivity index (χ0n) is 11.2. The van der Waals surface area contributed by atoms with E-state index < -0.39 is 10.9 Å². The summed E-state index contributed by atoms with van der Waals surface area (Å²) in [5.74, 6) is -1.35. The number of hydrogen-bond acceptors (Lipinski definition) is 4. The topological polar surface area (TPSA) is 114 Å². The number of nitrogens with one attached hydrogen (secondary N) is 1. The number of carboxylic acids is 1. The Kier molecular flexibility index (Phi) is 5.70. The van der Waals surface area contributed by atoms with Crippen molar-refractivity contribution >= 4 is 17.7 Å². The van der Waals surface area contributed by atoms with Crippen LogP contribution in [0.15, 0.2) is 12.1 Å². The molecule has 0 unspecified atom stereocenters. The Morgan fingerprint density at radius 1 is 1.35 bits per heavy atom. The predicted octanol–water partition coefficient (Wildman–Crippen LogP) is 1.31. The largest absolute Gasteiger partial charge is 0.481 e. The van der Waals surface area contributed by atoms with E-state index in [1.165, 1.54) is 23.7 Å². The van der Waals surface area contributed by atoms with Crippen LogP contribution in [-0.4, -0.2) is 33.0 Å². The van der Waals surface area contributed by atoms with E-state index in [1.54, 1.807) is 0 Å². The summed E-state index contributed by atoms with van der Waals surface area (Å²) in [4.78, 5) is 32.2. The molecule has 0 bridgehead atoms. The fraction of sp³-hybridized carbons (Fsp3) is 0.500. The maximum Gasteiger partial charge on any atom is 0.323 e. The van der Waals surface area contributed by atoms with Gasteiger partial charge in [-0.3, -0.25) is 9.59 Å². The first kappa shape index (κ1) is 15.7. The van der Waals surface area contributed by atoms with E-state index in [-0.39, 0.29) is 23.8 Å². The van der Waals surface area contributed by atoms with Gasteiger partial charge in [-0.05, 0) is 23.8 Å². The second kappa shape index (κ2) is 7.27. The van der Waals surface area contributed by atoms with E-state index >= 15 is 0 Å². The van der Waals surface area contributed by atoms with Crippen molar-refractivity contribution in [1.29, 1.82) is 0 Å². The van der Waals surface area contributed by atoms with Gasteiger partial charge in [-0.25, -0.2) is 4.57 Å². The summed E-state index contributed by atoms with van der Waals surface area (Å²) in [7, 11) is 1.46. The molecule has 0 spiro atoms. The molecule has 8 nitrogen and oxygen atoms in total. The number of nitro groups is 1. The van der Waals surface area contributed by atoms with Crippen LogP contribution < -0.4 is 5.32 Å². The highest BCUT2D eigenvalue weighted by molar-refractivity contribution is 5.93. The van der Waals surface area contributed by atoms with Crippen LogP contribution in [0.1, 0.15) is 36.2 Å². The first-order valence-corrected chi connectivity index (χ1v) is 6.23. The molecular weight excluding hydrogens is 266 g/mol. The number of unbranched alkanes of at least 4 members (excludes halogenated alkanes) is 2. The summed E-state index contributed by atoms with van der Waals surface area (Å²) in [5.41, 5.74) is 0.224. The zero-order chi connectivity index (χ0) is 15.1. The number of carbonyl (C=O) groups is 2. The van der Waals surface area contributed by atoms with Gasteiger partial charge in [0.15, 0.2) is 5.69 Å². The maximum atomic E-state index is 11.8. The molecule has 8 heteroatoms. The van der Waals surface area contributed by atoms with Crippen molar-refractivity contribution in [3.8, 4) is 0 Å². The number of carbonyl (C=O) groups excluding carboxylic acids is 1. The number of aliphatic carboxylic acids is 1. The Labute approximate surface area is 115 Å². The summed E-state index contributed by atoms with van der Waals surface area (Å²) in [5, 5.41) is 21.8. The Morgan fingerprint density at radius 2 is 2.05 bits per heavy atom. The van der Waals surface area contributed by atoms with E-state index in [0.717, 1.165) is 0 Å². The van der Waals surface area contributed by atoms with Gasteiger partial charge in [0.05, 0.1) is 7.05 Å². The molecule has 1 aromatic heterocycles. The van der Waals surface area contributed by atoms with Crippen LogP contribution in [0, 0.1) is 10.1 Å². The lowest BCUT2D eigenvalue weighted by Crippen LogP contribution is -2.26. The minimum Gasteiger partial charge on any atom is -0.481 e. The van der Waals surface area contributed by atoms with Crippen molar-refractivity contribution in [3.63, 3.8) is 0 Å². The molecule has 0 radical (unpaired) electrons. The van der Waals surface area contributed by atoms with Crippen LogP contribution in [-0.2, 0) is 11.8 Å². The van der Waals surface area contributed by atoms with Gasteiger partial charge in [0.1, 0.15) is 0 Å². The lowest BCUT2D eigenvalue weighted by Gasteiger charge is -2.04. The van der Waals surface area contributed by atoms with Crippen molar-refractivity contribution < 1.29 is 19.6 Å². The van der Waals surface area contributed by atoms with Gasteiger partial charge in [0.2, 0.25) is 0 Å². The maximum absolute atomic E-state index is 11.8. The molecule has 20 heavy (non-hydrogen) atoms. The van der Waals surface area contributed by atoms with E-state index in [1.807, 2.05) is 0 Å². The van der Waals surface area contributed by atoms with Gasteiger partial charge >= 0.3 is 11.8 Å². The van der Waals surface area contributed by atoms with Crippen molar-refractivity contribution in [2.24, 2.45) is 7.05 Å². The zero-order valence-corrected chi connectivity index (χ0v) is 11.2. The molecule has 1 heterocycles. The average Bonchev–Trinajstić information content (AvgIpc) is 2.75. The minimum atomic E-state index is -0.829. The molecule has 0 fully saturated rings. The number of hydrogen-bond donors (Lipinski definition) is 2. The lowest BCUT2D eigenvalue weighted by molar-refractivity contribution is -0.391. The fourth-order valence-corrected chi connectivity index (χ4v) is 1.78. The summed E-state index contributed by atoms with van der Waals surface area (Å²) in [6.07, 6.45) is 2.07. The van der Waals surface area contributed by atoms with E-state index in [0.29, 0.717) is 25.8 Å². The quantitative estimate of drug-likeness (QED) is 0.424. The smallest absolute Gasteiger partial charge is 0.323 e. The third kappa shape index (κ3) is 4.38. The van der Waals surface area contributed by atoms with Crippen molar-refractivity contribution in [1.82, 2.24) is 9.88 Å². The summed E-state index contributed by atoms with van der Waals surface area (Å²) < 4.78 is 1.22. The van der Waals surface area contributed by atoms with E-state index in [2.05, 4.69) is 5.32 Å². The number of rotatable bonds is 8. The molecule has 0 aliphatic rings. The van der Waals surface area contributed by atoms with Gasteiger partial charge in [-0.2, -0.15) is 0 Å². The Bertz CT molecular complexity index is 509.